The van der Waals surface area contributed by atoms with Gasteiger partial charge in [-0.2, -0.15) is 8.42 Å². The molecule has 0 spiro atoms. The van der Waals surface area contributed by atoms with E-state index in [1.54, 1.807) is 17.0 Å². The molecule has 0 fully saturated rings. The lowest BCUT2D eigenvalue weighted by Gasteiger charge is -2.28. The molecule has 0 N–H and O–H groups in total. The van der Waals surface area contributed by atoms with E-state index in [9.17, 15) is 13.2 Å². The molecule has 2 aliphatic rings. The average molecular weight is 489 g/mol. The number of hydrogen-bond acceptors (Lipinski definition) is 6. The molecule has 0 aromatic heterocycles. The number of benzene rings is 3. The lowest BCUT2D eigenvalue weighted by molar-refractivity contribution is 0.0817. The first-order valence-corrected chi connectivity index (χ1v) is 13.0. The minimum Gasteiger partial charge on any atom is -0.390 e. The van der Waals surface area contributed by atoms with Crippen LogP contribution in [0.25, 0.3) is 12.2 Å². The minimum atomic E-state index is -3.50. The Morgan fingerprint density at radius 2 is 1.66 bits per heavy atom. The van der Waals surface area contributed by atoms with E-state index in [1.165, 1.54) is 0 Å². The predicted molar refractivity (Wildman–Crippen MR) is 136 cm³/mol. The molecule has 1 atom stereocenters. The largest absolute Gasteiger partial charge is 0.390 e. The zero-order chi connectivity index (χ0) is 24.4. The topological polar surface area (TPSA) is 85.3 Å². The Kier molecular flexibility index (Phi) is 6.23. The highest BCUT2D eigenvalue weighted by atomic mass is 32.2. The van der Waals surface area contributed by atoms with E-state index in [-0.39, 0.29) is 18.6 Å². The van der Waals surface area contributed by atoms with E-state index >= 15 is 0 Å². The number of oxime groups is 1. The molecular formula is C27H24N2O5S. The zero-order valence-electron chi connectivity index (χ0n) is 19.1. The summed E-state index contributed by atoms with van der Waals surface area (Å²) >= 11 is 0. The summed E-state index contributed by atoms with van der Waals surface area (Å²) in [6.45, 7) is 0.336. The summed E-state index contributed by atoms with van der Waals surface area (Å²) in [4.78, 5) is 21.1. The molecule has 0 saturated carbocycles. The molecular weight excluding hydrogens is 464 g/mol. The van der Waals surface area contributed by atoms with Gasteiger partial charge in [0.25, 0.3) is 16.0 Å². The van der Waals surface area contributed by atoms with Gasteiger partial charge in [-0.1, -0.05) is 78.0 Å². The van der Waals surface area contributed by atoms with Gasteiger partial charge in [-0.3, -0.25) is 8.98 Å². The summed E-state index contributed by atoms with van der Waals surface area (Å²) in [7, 11) is -3.50. The second-order valence-corrected chi connectivity index (χ2v) is 10.2. The third-order valence-electron chi connectivity index (χ3n) is 5.95. The Morgan fingerprint density at radius 1 is 0.971 bits per heavy atom. The van der Waals surface area contributed by atoms with Crippen LogP contribution in [0.2, 0.25) is 0 Å². The van der Waals surface area contributed by atoms with E-state index in [2.05, 4.69) is 5.16 Å². The van der Waals surface area contributed by atoms with Crippen LogP contribution in [0, 0.1) is 0 Å². The van der Waals surface area contributed by atoms with Gasteiger partial charge in [0.2, 0.25) is 0 Å². The molecule has 3 aromatic rings. The van der Waals surface area contributed by atoms with E-state index in [1.807, 2.05) is 72.8 Å². The number of carbonyl (C=O) groups excluding carboxylic acids is 1. The molecule has 2 aliphatic heterocycles. The first-order valence-electron chi connectivity index (χ1n) is 11.2. The molecule has 2 heterocycles. The van der Waals surface area contributed by atoms with Gasteiger partial charge in [0.1, 0.15) is 0 Å². The van der Waals surface area contributed by atoms with Crippen molar-refractivity contribution in [3.63, 3.8) is 0 Å². The Balaban J connectivity index is 1.33. The van der Waals surface area contributed by atoms with Crippen molar-refractivity contribution in [3.8, 4) is 0 Å². The average Bonchev–Trinajstić information content (AvgIpc) is 3.33. The summed E-state index contributed by atoms with van der Waals surface area (Å²) in [6, 6.07) is 22.7. The fraction of sp³-hybridized carbons (Fsp3) is 0.185. The first kappa shape index (κ1) is 23.0. The number of carbonyl (C=O) groups is 1. The molecule has 1 unspecified atom stereocenters. The van der Waals surface area contributed by atoms with Crippen molar-refractivity contribution in [1.82, 2.24) is 0 Å². The highest BCUT2D eigenvalue weighted by Crippen LogP contribution is 2.30. The number of nitrogens with zero attached hydrogens (tertiary/aromatic N) is 2. The molecule has 7 nitrogen and oxygen atoms in total. The van der Waals surface area contributed by atoms with Crippen molar-refractivity contribution in [2.75, 3.05) is 17.7 Å². The van der Waals surface area contributed by atoms with E-state index in [0.29, 0.717) is 18.5 Å². The van der Waals surface area contributed by atoms with Crippen LogP contribution in [0.15, 0.2) is 78.0 Å². The normalized spacial score (nSPS) is 18.1. The van der Waals surface area contributed by atoms with Gasteiger partial charge >= 0.3 is 0 Å². The smallest absolute Gasteiger partial charge is 0.264 e. The predicted octanol–water partition coefficient (Wildman–Crippen LogP) is 4.49. The van der Waals surface area contributed by atoms with Crippen LogP contribution in [0.4, 0.5) is 5.69 Å². The lowest BCUT2D eigenvalue weighted by atomic mass is 9.99. The van der Waals surface area contributed by atoms with Gasteiger partial charge in [0, 0.05) is 12.0 Å². The van der Waals surface area contributed by atoms with Gasteiger partial charge in [0.15, 0.2) is 6.10 Å². The second kappa shape index (κ2) is 9.48. The van der Waals surface area contributed by atoms with E-state index in [0.717, 1.165) is 39.9 Å². The number of rotatable bonds is 6. The summed E-state index contributed by atoms with van der Waals surface area (Å²) in [5.41, 5.74) is 5.70. The fourth-order valence-electron chi connectivity index (χ4n) is 4.20. The van der Waals surface area contributed by atoms with Crippen LogP contribution in [0.3, 0.4) is 0 Å². The summed E-state index contributed by atoms with van der Waals surface area (Å²) in [5, 5.41) is 4.27. The van der Waals surface area contributed by atoms with Crippen molar-refractivity contribution in [2.24, 2.45) is 5.16 Å². The number of para-hydroxylation sites is 1. The fourth-order valence-corrected chi connectivity index (χ4v) is 4.55. The maximum Gasteiger partial charge on any atom is 0.264 e. The van der Waals surface area contributed by atoms with Gasteiger partial charge in [0.05, 0.1) is 30.8 Å². The van der Waals surface area contributed by atoms with Crippen LogP contribution in [0.5, 0.6) is 0 Å². The van der Waals surface area contributed by atoms with E-state index < -0.39 is 10.1 Å². The summed E-state index contributed by atoms with van der Waals surface area (Å²) in [6.07, 6.45) is 5.27. The molecule has 3 aromatic carbocycles. The highest BCUT2D eigenvalue weighted by molar-refractivity contribution is 7.85. The number of anilines is 1. The monoisotopic (exact) mass is 488 g/mol. The minimum absolute atomic E-state index is 0.0168. The Bertz CT molecular complexity index is 1430. The van der Waals surface area contributed by atoms with Crippen LogP contribution >= 0.6 is 0 Å². The maximum absolute atomic E-state index is 13.6. The number of amides is 1. The van der Waals surface area contributed by atoms with Crippen LogP contribution in [-0.4, -0.2) is 38.9 Å². The van der Waals surface area contributed by atoms with Gasteiger partial charge in [-0.15, -0.1) is 0 Å². The molecule has 0 radical (unpaired) electrons. The van der Waals surface area contributed by atoms with Gasteiger partial charge < -0.3 is 9.74 Å². The SMILES string of the molecule is CS(=O)(=O)OCc1ccc(C2=NOC(CN3C(=O)c4ccccc4/C=C\c4ccccc43)C2)cc1. The lowest BCUT2D eigenvalue weighted by Crippen LogP contribution is -2.39. The van der Waals surface area contributed by atoms with Crippen molar-refractivity contribution in [3.05, 3.63) is 101 Å². The van der Waals surface area contributed by atoms with Gasteiger partial charge in [-0.05, 0) is 34.4 Å². The quantitative estimate of drug-likeness (QED) is 0.478. The standard InChI is InChI=1S/C27H24N2O5S/c1-35(31,32)33-18-19-10-12-21(13-11-19)25-16-23(34-28-25)17-29-26-9-5-3-7-22(26)15-14-20-6-2-4-8-24(20)27(29)30/h2-15,23H,16-18H2,1H3/b15-14-. The Morgan fingerprint density at radius 3 is 2.43 bits per heavy atom. The maximum atomic E-state index is 13.6. The summed E-state index contributed by atoms with van der Waals surface area (Å²) in [5.74, 6) is -0.0790. The molecule has 8 heteroatoms. The third kappa shape index (κ3) is 5.18. The second-order valence-electron chi connectivity index (χ2n) is 8.53. The van der Waals surface area contributed by atoms with Crippen molar-refractivity contribution >= 4 is 39.6 Å². The molecule has 0 aliphatic carbocycles. The third-order valence-corrected chi connectivity index (χ3v) is 6.50. The Labute approximate surface area is 204 Å². The molecule has 35 heavy (non-hydrogen) atoms. The van der Waals surface area contributed by atoms with Crippen LogP contribution in [-0.2, 0) is 25.7 Å². The Hall–Kier alpha value is -3.75. The first-order chi connectivity index (χ1) is 16.9. The van der Waals surface area contributed by atoms with Crippen LogP contribution < -0.4 is 4.90 Å². The molecule has 0 bridgehead atoms. The zero-order valence-corrected chi connectivity index (χ0v) is 19.9. The molecule has 1 amide bonds. The van der Waals surface area contributed by atoms with Crippen molar-refractivity contribution in [1.29, 1.82) is 0 Å². The van der Waals surface area contributed by atoms with E-state index in [4.69, 9.17) is 9.02 Å². The molecule has 5 rings (SSSR count). The number of hydrogen-bond donors (Lipinski definition) is 0. The van der Waals surface area contributed by atoms with Gasteiger partial charge in [-0.25, -0.2) is 0 Å². The molecule has 178 valence electrons. The van der Waals surface area contributed by atoms with Crippen LogP contribution in [0.1, 0.15) is 39.0 Å². The summed E-state index contributed by atoms with van der Waals surface area (Å²) < 4.78 is 27.2. The van der Waals surface area contributed by atoms with Crippen molar-refractivity contribution < 1.29 is 22.2 Å². The highest BCUT2D eigenvalue weighted by Gasteiger charge is 2.30. The number of fused-ring (bicyclic) bond motifs is 2. The molecule has 0 saturated heterocycles. The van der Waals surface area contributed by atoms with Crippen molar-refractivity contribution in [2.45, 2.75) is 19.1 Å².